The first kappa shape index (κ1) is 16.2. The Balaban J connectivity index is 0.00000225. The molecule has 1 fully saturated rings. The minimum Gasteiger partial charge on any atom is -0.380 e. The molecule has 0 bridgehead atoms. The minimum absolute atomic E-state index is 0. The molecule has 1 saturated heterocycles. The van der Waals surface area contributed by atoms with Crippen LogP contribution in [0.15, 0.2) is 0 Å². The molecule has 0 spiro atoms. The Bertz CT molecular complexity index is 190. The zero-order valence-corrected chi connectivity index (χ0v) is 11.7. The van der Waals surface area contributed by atoms with Crippen molar-refractivity contribution in [2.45, 2.75) is 27.2 Å². The van der Waals surface area contributed by atoms with Crippen molar-refractivity contribution in [3.05, 3.63) is 0 Å². The van der Waals surface area contributed by atoms with Crippen molar-refractivity contribution >= 4 is 12.4 Å². The van der Waals surface area contributed by atoms with Crippen molar-refractivity contribution in [2.24, 2.45) is 17.1 Å². The number of nitrogens with zero attached hydrogens (tertiary/aromatic N) is 1. The molecule has 1 heterocycles. The van der Waals surface area contributed by atoms with Crippen molar-refractivity contribution in [3.8, 4) is 0 Å². The van der Waals surface area contributed by atoms with E-state index in [1.165, 1.54) is 13.0 Å². The van der Waals surface area contributed by atoms with E-state index in [0.717, 1.165) is 32.8 Å². The number of hydrogen-bond donors (Lipinski definition) is 1. The van der Waals surface area contributed by atoms with E-state index in [-0.39, 0.29) is 12.4 Å². The smallest absolute Gasteiger partial charge is 0.0593 e. The summed E-state index contributed by atoms with van der Waals surface area (Å²) in [5.74, 6) is 0.637. The van der Waals surface area contributed by atoms with Crippen molar-refractivity contribution in [1.29, 1.82) is 0 Å². The summed E-state index contributed by atoms with van der Waals surface area (Å²) in [4.78, 5) is 2.47. The van der Waals surface area contributed by atoms with Gasteiger partial charge in [-0.2, -0.15) is 0 Å². The van der Waals surface area contributed by atoms with Crippen molar-refractivity contribution in [1.82, 2.24) is 4.90 Å². The van der Waals surface area contributed by atoms with Gasteiger partial charge in [-0.15, -0.1) is 12.4 Å². The lowest BCUT2D eigenvalue weighted by Gasteiger charge is -2.22. The van der Waals surface area contributed by atoms with Crippen LogP contribution in [0.4, 0.5) is 0 Å². The van der Waals surface area contributed by atoms with Crippen molar-refractivity contribution < 1.29 is 4.74 Å². The first-order valence-corrected chi connectivity index (χ1v) is 6.06. The number of likely N-dealkylation sites (tertiary alicyclic amines) is 1. The Morgan fingerprint density at radius 3 is 2.62 bits per heavy atom. The van der Waals surface area contributed by atoms with Crippen LogP contribution in [0.2, 0.25) is 0 Å². The molecule has 0 amide bonds. The Morgan fingerprint density at radius 2 is 2.12 bits per heavy atom. The molecule has 16 heavy (non-hydrogen) atoms. The van der Waals surface area contributed by atoms with Gasteiger partial charge < -0.3 is 15.4 Å². The van der Waals surface area contributed by atoms with Crippen LogP contribution in [-0.4, -0.2) is 44.3 Å². The fourth-order valence-electron chi connectivity index (χ4n) is 2.00. The topological polar surface area (TPSA) is 38.5 Å². The standard InChI is InChI=1S/C12H26N2O.ClH/c1-11(2)8-15-7-6-14-5-4-12(3,9-13)10-14;/h11H,4-10,13H2,1-3H3;1H. The Kier molecular flexibility index (Phi) is 7.57. The number of nitrogens with two attached hydrogens (primary N) is 1. The summed E-state index contributed by atoms with van der Waals surface area (Å²) < 4.78 is 5.59. The average molecular weight is 251 g/mol. The number of hydrogen-bond acceptors (Lipinski definition) is 3. The second-order valence-corrected chi connectivity index (χ2v) is 5.51. The summed E-state index contributed by atoms with van der Waals surface area (Å²) >= 11 is 0. The zero-order chi connectivity index (χ0) is 11.3. The lowest BCUT2D eigenvalue weighted by molar-refractivity contribution is 0.0888. The summed E-state index contributed by atoms with van der Waals surface area (Å²) in [6, 6.07) is 0. The molecule has 0 saturated carbocycles. The van der Waals surface area contributed by atoms with Crippen LogP contribution < -0.4 is 5.73 Å². The van der Waals surface area contributed by atoms with Crippen LogP contribution >= 0.6 is 12.4 Å². The molecule has 1 unspecified atom stereocenters. The van der Waals surface area contributed by atoms with E-state index in [1.54, 1.807) is 0 Å². The van der Waals surface area contributed by atoms with E-state index in [4.69, 9.17) is 10.5 Å². The molecule has 2 N–H and O–H groups in total. The van der Waals surface area contributed by atoms with E-state index < -0.39 is 0 Å². The summed E-state index contributed by atoms with van der Waals surface area (Å²) in [6.45, 7) is 12.6. The third-order valence-corrected chi connectivity index (χ3v) is 3.13. The maximum Gasteiger partial charge on any atom is 0.0593 e. The molecule has 0 aromatic carbocycles. The van der Waals surface area contributed by atoms with Gasteiger partial charge in [0.1, 0.15) is 0 Å². The van der Waals surface area contributed by atoms with E-state index in [1.807, 2.05) is 0 Å². The molecule has 1 rings (SSSR count). The summed E-state index contributed by atoms with van der Waals surface area (Å²) in [6.07, 6.45) is 1.23. The third-order valence-electron chi connectivity index (χ3n) is 3.13. The SMILES string of the molecule is CC(C)COCCN1CCC(C)(CN)C1.Cl. The molecule has 3 nitrogen and oxygen atoms in total. The van der Waals surface area contributed by atoms with Crippen LogP contribution in [0, 0.1) is 11.3 Å². The molecule has 0 aromatic heterocycles. The summed E-state index contributed by atoms with van der Waals surface area (Å²) in [5, 5.41) is 0. The van der Waals surface area contributed by atoms with Crippen LogP contribution in [0.3, 0.4) is 0 Å². The van der Waals surface area contributed by atoms with Crippen molar-refractivity contribution in [3.63, 3.8) is 0 Å². The van der Waals surface area contributed by atoms with Gasteiger partial charge in [0.2, 0.25) is 0 Å². The first-order valence-electron chi connectivity index (χ1n) is 6.06. The second kappa shape index (κ2) is 7.49. The lowest BCUT2D eigenvalue weighted by atomic mass is 9.90. The number of ether oxygens (including phenoxy) is 1. The summed E-state index contributed by atoms with van der Waals surface area (Å²) in [7, 11) is 0. The van der Waals surface area contributed by atoms with Gasteiger partial charge in [-0.25, -0.2) is 0 Å². The van der Waals surface area contributed by atoms with Crippen LogP contribution in [0.25, 0.3) is 0 Å². The highest BCUT2D eigenvalue weighted by Gasteiger charge is 2.31. The molecule has 98 valence electrons. The predicted octanol–water partition coefficient (Wildman–Crippen LogP) is 1.75. The van der Waals surface area contributed by atoms with Gasteiger partial charge in [0.25, 0.3) is 0 Å². The van der Waals surface area contributed by atoms with Gasteiger partial charge in [-0.3, -0.25) is 0 Å². The van der Waals surface area contributed by atoms with Gasteiger partial charge in [-0.05, 0) is 30.8 Å². The van der Waals surface area contributed by atoms with Gasteiger partial charge in [0.05, 0.1) is 6.61 Å². The van der Waals surface area contributed by atoms with E-state index in [0.29, 0.717) is 11.3 Å². The highest BCUT2D eigenvalue weighted by atomic mass is 35.5. The second-order valence-electron chi connectivity index (χ2n) is 5.51. The average Bonchev–Trinajstić information content (AvgIpc) is 2.56. The molecule has 1 aliphatic rings. The third kappa shape index (κ3) is 5.48. The molecule has 0 aliphatic carbocycles. The Labute approximate surface area is 106 Å². The Hall–Kier alpha value is 0.170. The fourth-order valence-corrected chi connectivity index (χ4v) is 2.00. The molecule has 1 atom stereocenters. The maximum atomic E-state index is 5.77. The number of rotatable bonds is 6. The molecule has 1 aliphatic heterocycles. The lowest BCUT2D eigenvalue weighted by Crippen LogP contribution is -2.32. The van der Waals surface area contributed by atoms with Crippen LogP contribution in [0.1, 0.15) is 27.2 Å². The first-order chi connectivity index (χ1) is 7.06. The van der Waals surface area contributed by atoms with E-state index >= 15 is 0 Å². The van der Waals surface area contributed by atoms with Gasteiger partial charge in [-0.1, -0.05) is 20.8 Å². The molecule has 4 heteroatoms. The predicted molar refractivity (Wildman–Crippen MR) is 71.1 cm³/mol. The van der Waals surface area contributed by atoms with Gasteiger partial charge in [0.15, 0.2) is 0 Å². The fraction of sp³-hybridized carbons (Fsp3) is 1.00. The van der Waals surface area contributed by atoms with Gasteiger partial charge in [0, 0.05) is 19.7 Å². The molecular weight excluding hydrogens is 224 g/mol. The normalized spacial score (nSPS) is 26.1. The largest absolute Gasteiger partial charge is 0.380 e. The number of halogens is 1. The summed E-state index contributed by atoms with van der Waals surface area (Å²) in [5.41, 5.74) is 6.11. The van der Waals surface area contributed by atoms with E-state index in [2.05, 4.69) is 25.7 Å². The molecule has 0 aromatic rings. The zero-order valence-electron chi connectivity index (χ0n) is 10.9. The molecular formula is C12H27ClN2O. The molecule has 0 radical (unpaired) electrons. The highest BCUT2D eigenvalue weighted by molar-refractivity contribution is 5.85. The van der Waals surface area contributed by atoms with Crippen LogP contribution in [0.5, 0.6) is 0 Å². The van der Waals surface area contributed by atoms with E-state index in [9.17, 15) is 0 Å². The minimum atomic E-state index is 0. The van der Waals surface area contributed by atoms with Gasteiger partial charge >= 0.3 is 0 Å². The van der Waals surface area contributed by atoms with Crippen molar-refractivity contribution in [2.75, 3.05) is 39.4 Å². The highest BCUT2D eigenvalue weighted by Crippen LogP contribution is 2.27. The van der Waals surface area contributed by atoms with Crippen LogP contribution in [-0.2, 0) is 4.74 Å². The monoisotopic (exact) mass is 250 g/mol. The Morgan fingerprint density at radius 1 is 1.44 bits per heavy atom. The maximum absolute atomic E-state index is 5.77. The quantitative estimate of drug-likeness (QED) is 0.730.